The first-order valence-corrected chi connectivity index (χ1v) is 8.51. The number of amides is 1. The number of nitrogens with one attached hydrogen (secondary N) is 1. The van der Waals surface area contributed by atoms with Gasteiger partial charge in [0.1, 0.15) is 12.4 Å². The van der Waals surface area contributed by atoms with Gasteiger partial charge in [0.05, 0.1) is 0 Å². The van der Waals surface area contributed by atoms with E-state index < -0.39 is 0 Å². The molecule has 0 saturated heterocycles. The minimum atomic E-state index is -0.0747. The maximum Gasteiger partial charge on any atom is 0.243 e. The maximum absolute atomic E-state index is 11.8. The van der Waals surface area contributed by atoms with Crippen molar-refractivity contribution >= 4 is 12.0 Å². The fraction of sp³-hybridized carbons (Fsp3) is 0.286. The number of carbonyl (C=O) groups excluding carboxylic acids is 1. The van der Waals surface area contributed by atoms with E-state index in [0.29, 0.717) is 13.2 Å². The lowest BCUT2D eigenvalue weighted by molar-refractivity contribution is -0.116. The second-order valence-electron chi connectivity index (χ2n) is 6.13. The highest BCUT2D eigenvalue weighted by atomic mass is 16.5. The number of ether oxygens (including phenoxy) is 1. The number of rotatable bonds is 9. The van der Waals surface area contributed by atoms with Gasteiger partial charge >= 0.3 is 0 Å². The Hall–Kier alpha value is -2.59. The molecule has 0 aromatic heterocycles. The third kappa shape index (κ3) is 7.68. The summed E-state index contributed by atoms with van der Waals surface area (Å²) >= 11 is 0. The van der Waals surface area contributed by atoms with Gasteiger partial charge < -0.3 is 15.0 Å². The smallest absolute Gasteiger partial charge is 0.243 e. The van der Waals surface area contributed by atoms with E-state index in [1.165, 1.54) is 0 Å². The van der Waals surface area contributed by atoms with Gasteiger partial charge in [-0.3, -0.25) is 4.79 Å². The van der Waals surface area contributed by atoms with E-state index in [0.717, 1.165) is 29.8 Å². The van der Waals surface area contributed by atoms with Crippen LogP contribution in [0.5, 0.6) is 5.75 Å². The molecule has 0 atom stereocenters. The van der Waals surface area contributed by atoms with Crippen LogP contribution in [0.3, 0.4) is 0 Å². The SMILES string of the molecule is CN(C)CCCNC(=O)/C=C/c1cccc(OCc2ccccc2)c1. The molecular weight excluding hydrogens is 312 g/mol. The molecule has 0 aliphatic heterocycles. The average molecular weight is 338 g/mol. The molecule has 0 radical (unpaired) electrons. The monoisotopic (exact) mass is 338 g/mol. The van der Waals surface area contributed by atoms with Gasteiger partial charge in [0.25, 0.3) is 0 Å². The summed E-state index contributed by atoms with van der Waals surface area (Å²) in [5.74, 6) is 0.715. The van der Waals surface area contributed by atoms with E-state index in [-0.39, 0.29) is 5.91 Å². The summed E-state index contributed by atoms with van der Waals surface area (Å²) in [5.41, 5.74) is 2.06. The first kappa shape index (κ1) is 18.7. The van der Waals surface area contributed by atoms with Crippen LogP contribution in [0.2, 0.25) is 0 Å². The second-order valence-corrected chi connectivity index (χ2v) is 6.13. The van der Waals surface area contributed by atoms with Gasteiger partial charge in [-0.1, -0.05) is 42.5 Å². The lowest BCUT2D eigenvalue weighted by Gasteiger charge is -2.09. The molecule has 2 aromatic rings. The number of carbonyl (C=O) groups is 1. The van der Waals surface area contributed by atoms with Crippen molar-refractivity contribution in [3.63, 3.8) is 0 Å². The summed E-state index contributed by atoms with van der Waals surface area (Å²) in [5, 5.41) is 2.89. The van der Waals surface area contributed by atoms with Gasteiger partial charge in [-0.15, -0.1) is 0 Å². The van der Waals surface area contributed by atoms with Crippen molar-refractivity contribution < 1.29 is 9.53 Å². The van der Waals surface area contributed by atoms with E-state index >= 15 is 0 Å². The van der Waals surface area contributed by atoms with Gasteiger partial charge in [-0.05, 0) is 56.4 Å². The van der Waals surface area contributed by atoms with Crippen LogP contribution in [0.1, 0.15) is 17.5 Å². The normalized spacial score (nSPS) is 11.0. The van der Waals surface area contributed by atoms with Gasteiger partial charge in [-0.2, -0.15) is 0 Å². The largest absolute Gasteiger partial charge is 0.489 e. The summed E-state index contributed by atoms with van der Waals surface area (Å²) in [6.07, 6.45) is 4.30. The summed E-state index contributed by atoms with van der Waals surface area (Å²) < 4.78 is 5.80. The second kappa shape index (κ2) is 10.3. The number of benzene rings is 2. The summed E-state index contributed by atoms with van der Waals surface area (Å²) in [7, 11) is 4.04. The lowest BCUT2D eigenvalue weighted by Crippen LogP contribution is -2.25. The first-order chi connectivity index (χ1) is 12.1. The van der Waals surface area contributed by atoms with Gasteiger partial charge in [0, 0.05) is 12.6 Å². The summed E-state index contributed by atoms with van der Waals surface area (Å²) in [6.45, 7) is 2.17. The summed E-state index contributed by atoms with van der Waals surface area (Å²) in [4.78, 5) is 13.9. The molecule has 1 N–H and O–H groups in total. The predicted octanol–water partition coefficient (Wildman–Crippen LogP) is 3.35. The Morgan fingerprint density at radius 3 is 2.68 bits per heavy atom. The van der Waals surface area contributed by atoms with E-state index in [2.05, 4.69) is 10.2 Å². The predicted molar refractivity (Wildman–Crippen MR) is 102 cm³/mol. The van der Waals surface area contributed by atoms with Crippen LogP contribution in [0, 0.1) is 0 Å². The Morgan fingerprint density at radius 2 is 1.92 bits per heavy atom. The Labute approximate surface area is 150 Å². The zero-order valence-electron chi connectivity index (χ0n) is 14.9. The van der Waals surface area contributed by atoms with E-state index in [1.54, 1.807) is 12.2 Å². The minimum Gasteiger partial charge on any atom is -0.489 e. The fourth-order valence-electron chi connectivity index (χ4n) is 2.29. The van der Waals surface area contributed by atoms with Crippen LogP contribution in [0.15, 0.2) is 60.7 Å². The first-order valence-electron chi connectivity index (χ1n) is 8.51. The number of hydrogen-bond donors (Lipinski definition) is 1. The molecule has 0 heterocycles. The number of nitrogens with zero attached hydrogens (tertiary/aromatic N) is 1. The molecule has 0 fully saturated rings. The van der Waals surface area contributed by atoms with Crippen molar-refractivity contribution in [1.82, 2.24) is 10.2 Å². The average Bonchev–Trinajstić information content (AvgIpc) is 2.63. The topological polar surface area (TPSA) is 41.6 Å². The standard InChI is InChI=1S/C21H26N2O2/c1-23(2)15-7-14-22-21(24)13-12-18-10-6-11-20(16-18)25-17-19-8-4-3-5-9-19/h3-6,8-13,16H,7,14-15,17H2,1-2H3,(H,22,24)/b13-12+. The molecule has 0 unspecified atom stereocenters. The van der Waals surface area contributed by atoms with Crippen LogP contribution >= 0.6 is 0 Å². The van der Waals surface area contributed by atoms with Gasteiger partial charge in [0.2, 0.25) is 5.91 Å². The lowest BCUT2D eigenvalue weighted by atomic mass is 10.2. The van der Waals surface area contributed by atoms with Gasteiger partial charge in [0.15, 0.2) is 0 Å². The third-order valence-corrected chi connectivity index (χ3v) is 3.61. The Morgan fingerprint density at radius 1 is 1.12 bits per heavy atom. The Bertz CT molecular complexity index is 681. The molecule has 1 amide bonds. The van der Waals surface area contributed by atoms with Crippen molar-refractivity contribution in [2.45, 2.75) is 13.0 Å². The number of hydrogen-bond acceptors (Lipinski definition) is 3. The molecule has 132 valence electrons. The van der Waals surface area contributed by atoms with Crippen LogP contribution in [-0.2, 0) is 11.4 Å². The molecule has 2 aromatic carbocycles. The van der Waals surface area contributed by atoms with E-state index in [1.807, 2.05) is 68.7 Å². The molecular formula is C21H26N2O2. The Kier molecular flexibility index (Phi) is 7.73. The van der Waals surface area contributed by atoms with Crippen molar-refractivity contribution in [3.05, 3.63) is 71.8 Å². The quantitative estimate of drug-likeness (QED) is 0.563. The summed E-state index contributed by atoms with van der Waals surface area (Å²) in [6, 6.07) is 17.8. The zero-order chi connectivity index (χ0) is 17.9. The molecule has 0 bridgehead atoms. The highest BCUT2D eigenvalue weighted by Crippen LogP contribution is 2.16. The highest BCUT2D eigenvalue weighted by Gasteiger charge is 1.98. The molecule has 0 spiro atoms. The Balaban J connectivity index is 1.80. The van der Waals surface area contributed by atoms with Crippen molar-refractivity contribution in [2.24, 2.45) is 0 Å². The molecule has 0 aliphatic rings. The fourth-order valence-corrected chi connectivity index (χ4v) is 2.29. The molecule has 25 heavy (non-hydrogen) atoms. The molecule has 4 nitrogen and oxygen atoms in total. The third-order valence-electron chi connectivity index (χ3n) is 3.61. The highest BCUT2D eigenvalue weighted by molar-refractivity contribution is 5.91. The van der Waals surface area contributed by atoms with E-state index in [4.69, 9.17) is 4.74 Å². The molecule has 2 rings (SSSR count). The van der Waals surface area contributed by atoms with E-state index in [9.17, 15) is 4.79 Å². The van der Waals surface area contributed by atoms with Gasteiger partial charge in [-0.25, -0.2) is 0 Å². The van der Waals surface area contributed by atoms with Crippen molar-refractivity contribution in [2.75, 3.05) is 27.2 Å². The van der Waals surface area contributed by atoms with Crippen LogP contribution in [0.25, 0.3) is 6.08 Å². The van der Waals surface area contributed by atoms with Crippen LogP contribution in [-0.4, -0.2) is 38.0 Å². The maximum atomic E-state index is 11.8. The van der Waals surface area contributed by atoms with Crippen LogP contribution < -0.4 is 10.1 Å². The zero-order valence-corrected chi connectivity index (χ0v) is 14.9. The molecule has 4 heteroatoms. The molecule has 0 saturated carbocycles. The van der Waals surface area contributed by atoms with Crippen molar-refractivity contribution in [3.8, 4) is 5.75 Å². The molecule has 0 aliphatic carbocycles. The minimum absolute atomic E-state index is 0.0747. The van der Waals surface area contributed by atoms with Crippen molar-refractivity contribution in [1.29, 1.82) is 0 Å². The van der Waals surface area contributed by atoms with Crippen LogP contribution in [0.4, 0.5) is 0 Å².